The van der Waals surface area contributed by atoms with E-state index in [-0.39, 0.29) is 13.2 Å². The van der Waals surface area contributed by atoms with Crippen molar-refractivity contribution in [3.63, 3.8) is 0 Å². The number of aliphatic hydroxyl groups is 1. The normalized spacial score (nSPS) is 25.8. The Morgan fingerprint density at radius 2 is 2.12 bits per heavy atom. The summed E-state index contributed by atoms with van der Waals surface area (Å²) in [5, 5.41) is 9.34. The Kier molecular flexibility index (Phi) is 5.22. The van der Waals surface area contributed by atoms with Gasteiger partial charge < -0.3 is 9.84 Å². The van der Waals surface area contributed by atoms with Gasteiger partial charge in [-0.3, -0.25) is 4.90 Å². The van der Waals surface area contributed by atoms with E-state index in [9.17, 15) is 18.3 Å². The first-order chi connectivity index (χ1) is 7.91. The fourth-order valence-electron chi connectivity index (χ4n) is 2.21. The molecule has 1 fully saturated rings. The smallest absolute Gasteiger partial charge is 0.396 e. The first kappa shape index (κ1) is 14.7. The lowest BCUT2D eigenvalue weighted by Gasteiger charge is -2.33. The highest BCUT2D eigenvalue weighted by molar-refractivity contribution is 4.86. The molecule has 0 aromatic rings. The molecule has 0 radical (unpaired) electrons. The molecule has 1 saturated heterocycles. The molecule has 102 valence electrons. The Morgan fingerprint density at radius 3 is 2.53 bits per heavy atom. The van der Waals surface area contributed by atoms with Gasteiger partial charge in [0.1, 0.15) is 0 Å². The van der Waals surface area contributed by atoms with Gasteiger partial charge in [0.15, 0.2) is 0 Å². The van der Waals surface area contributed by atoms with Crippen molar-refractivity contribution >= 4 is 0 Å². The van der Waals surface area contributed by atoms with E-state index in [2.05, 4.69) is 0 Å². The van der Waals surface area contributed by atoms with E-state index >= 15 is 0 Å². The molecule has 1 N–H and O–H groups in total. The Hall–Kier alpha value is -0.330. The predicted octanol–water partition coefficient (Wildman–Crippen LogP) is 1.66. The van der Waals surface area contributed by atoms with E-state index in [1.807, 2.05) is 6.92 Å². The van der Waals surface area contributed by atoms with Crippen LogP contribution in [0.1, 0.15) is 19.8 Å². The second kappa shape index (κ2) is 6.02. The van der Waals surface area contributed by atoms with Crippen molar-refractivity contribution in [3.8, 4) is 0 Å². The summed E-state index contributed by atoms with van der Waals surface area (Å²) in [4.78, 5) is 1.37. The average Bonchev–Trinajstić information content (AvgIpc) is 2.65. The summed E-state index contributed by atoms with van der Waals surface area (Å²) in [7, 11) is 0. The highest BCUT2D eigenvalue weighted by Gasteiger charge is 2.39. The molecule has 3 nitrogen and oxygen atoms in total. The summed E-state index contributed by atoms with van der Waals surface area (Å²) < 4.78 is 42.4. The third-order valence-corrected chi connectivity index (χ3v) is 3.02. The van der Waals surface area contributed by atoms with Crippen LogP contribution in [0.2, 0.25) is 0 Å². The van der Waals surface area contributed by atoms with Crippen LogP contribution in [0.5, 0.6) is 0 Å². The molecule has 1 rings (SSSR count). The number of alkyl halides is 3. The Balaban J connectivity index is 2.58. The Morgan fingerprint density at radius 1 is 1.41 bits per heavy atom. The highest BCUT2D eigenvalue weighted by Crippen LogP contribution is 2.30. The van der Waals surface area contributed by atoms with Crippen LogP contribution in [0.4, 0.5) is 13.2 Å². The SMILES string of the molecule is CCCN(CC(F)(F)F)CC1(CO)CCOC1. The summed E-state index contributed by atoms with van der Waals surface area (Å²) in [5.41, 5.74) is -0.513. The second-order valence-electron chi connectivity index (χ2n) is 4.79. The van der Waals surface area contributed by atoms with Crippen molar-refractivity contribution in [2.75, 3.05) is 39.5 Å². The van der Waals surface area contributed by atoms with Gasteiger partial charge in [0.25, 0.3) is 0 Å². The number of halogens is 3. The lowest BCUT2D eigenvalue weighted by molar-refractivity contribution is -0.150. The van der Waals surface area contributed by atoms with E-state index < -0.39 is 18.1 Å². The summed E-state index contributed by atoms with van der Waals surface area (Å²) in [6.07, 6.45) is -2.90. The molecule has 1 unspecified atom stereocenters. The zero-order chi connectivity index (χ0) is 12.9. The monoisotopic (exact) mass is 255 g/mol. The molecular weight excluding hydrogens is 235 g/mol. The fourth-order valence-corrected chi connectivity index (χ4v) is 2.21. The Labute approximate surface area is 99.5 Å². The molecule has 0 bridgehead atoms. The van der Waals surface area contributed by atoms with Gasteiger partial charge in [0.2, 0.25) is 0 Å². The first-order valence-electron chi connectivity index (χ1n) is 5.88. The van der Waals surface area contributed by atoms with Gasteiger partial charge in [0, 0.05) is 18.6 Å². The largest absolute Gasteiger partial charge is 0.401 e. The number of hydrogen-bond donors (Lipinski definition) is 1. The van der Waals surface area contributed by atoms with Crippen LogP contribution in [0.25, 0.3) is 0 Å². The molecule has 1 heterocycles. The molecule has 1 aliphatic heterocycles. The molecule has 1 atom stereocenters. The predicted molar refractivity (Wildman–Crippen MR) is 57.7 cm³/mol. The number of aliphatic hydroxyl groups excluding tert-OH is 1. The molecule has 1 aliphatic rings. The molecule has 0 aromatic carbocycles. The minimum atomic E-state index is -4.19. The number of nitrogens with zero attached hydrogens (tertiary/aromatic N) is 1. The number of rotatable bonds is 6. The first-order valence-corrected chi connectivity index (χ1v) is 5.88. The van der Waals surface area contributed by atoms with Gasteiger partial charge in [-0.2, -0.15) is 13.2 Å². The number of hydrogen-bond acceptors (Lipinski definition) is 3. The van der Waals surface area contributed by atoms with E-state index in [0.29, 0.717) is 32.6 Å². The van der Waals surface area contributed by atoms with E-state index in [1.54, 1.807) is 0 Å². The summed E-state index contributed by atoms with van der Waals surface area (Å²) >= 11 is 0. The maximum absolute atomic E-state index is 12.4. The molecule has 0 aromatic heterocycles. The van der Waals surface area contributed by atoms with Crippen molar-refractivity contribution in [1.82, 2.24) is 4.90 Å². The van der Waals surface area contributed by atoms with Crippen LogP contribution in [0.15, 0.2) is 0 Å². The van der Waals surface area contributed by atoms with Crippen molar-refractivity contribution in [1.29, 1.82) is 0 Å². The van der Waals surface area contributed by atoms with Crippen LogP contribution < -0.4 is 0 Å². The van der Waals surface area contributed by atoms with E-state index in [0.717, 1.165) is 0 Å². The van der Waals surface area contributed by atoms with Gasteiger partial charge in [-0.25, -0.2) is 0 Å². The van der Waals surface area contributed by atoms with Crippen molar-refractivity contribution in [2.24, 2.45) is 5.41 Å². The van der Waals surface area contributed by atoms with Crippen LogP contribution in [-0.4, -0.2) is 55.6 Å². The van der Waals surface area contributed by atoms with Gasteiger partial charge in [-0.15, -0.1) is 0 Å². The van der Waals surface area contributed by atoms with Gasteiger partial charge in [-0.05, 0) is 19.4 Å². The van der Waals surface area contributed by atoms with Crippen LogP contribution >= 0.6 is 0 Å². The van der Waals surface area contributed by atoms with Gasteiger partial charge in [-0.1, -0.05) is 6.92 Å². The van der Waals surface area contributed by atoms with Gasteiger partial charge in [0.05, 0.1) is 19.8 Å². The topological polar surface area (TPSA) is 32.7 Å². The molecule has 0 saturated carbocycles. The quantitative estimate of drug-likeness (QED) is 0.783. The zero-order valence-electron chi connectivity index (χ0n) is 10.1. The molecule has 0 spiro atoms. The van der Waals surface area contributed by atoms with Crippen molar-refractivity contribution < 1.29 is 23.0 Å². The summed E-state index contributed by atoms with van der Waals surface area (Å²) in [6, 6.07) is 0. The molecule has 17 heavy (non-hydrogen) atoms. The van der Waals surface area contributed by atoms with E-state index in [4.69, 9.17) is 4.74 Å². The van der Waals surface area contributed by atoms with Crippen LogP contribution in [0, 0.1) is 5.41 Å². The maximum atomic E-state index is 12.4. The minimum absolute atomic E-state index is 0.120. The highest BCUT2D eigenvalue weighted by atomic mass is 19.4. The van der Waals surface area contributed by atoms with Crippen molar-refractivity contribution in [2.45, 2.75) is 25.9 Å². The molecule has 6 heteroatoms. The van der Waals surface area contributed by atoms with Crippen molar-refractivity contribution in [3.05, 3.63) is 0 Å². The lowest BCUT2D eigenvalue weighted by atomic mass is 9.87. The van der Waals surface area contributed by atoms with E-state index in [1.165, 1.54) is 4.90 Å². The molecular formula is C11H20F3NO2. The number of ether oxygens (including phenoxy) is 1. The second-order valence-corrected chi connectivity index (χ2v) is 4.79. The Bertz CT molecular complexity index is 227. The molecule has 0 aliphatic carbocycles. The summed E-state index contributed by atoms with van der Waals surface area (Å²) in [6.45, 7) is 2.32. The standard InChI is InChI=1S/C11H20F3NO2/c1-2-4-15(7-11(12,13)14)6-10(8-16)3-5-17-9-10/h16H,2-9H2,1H3. The van der Waals surface area contributed by atoms with Crippen LogP contribution in [-0.2, 0) is 4.74 Å². The third-order valence-electron chi connectivity index (χ3n) is 3.02. The lowest BCUT2D eigenvalue weighted by Crippen LogP contribution is -2.44. The minimum Gasteiger partial charge on any atom is -0.396 e. The van der Waals surface area contributed by atoms with Gasteiger partial charge >= 0.3 is 6.18 Å². The zero-order valence-corrected chi connectivity index (χ0v) is 10.1. The average molecular weight is 255 g/mol. The fraction of sp³-hybridized carbons (Fsp3) is 1.00. The third kappa shape index (κ3) is 4.81. The molecule has 0 amide bonds. The van der Waals surface area contributed by atoms with Crippen LogP contribution in [0.3, 0.4) is 0 Å². The maximum Gasteiger partial charge on any atom is 0.401 e. The summed E-state index contributed by atoms with van der Waals surface area (Å²) in [5.74, 6) is 0.